The van der Waals surface area contributed by atoms with E-state index in [-0.39, 0.29) is 32.6 Å². The predicted molar refractivity (Wildman–Crippen MR) is 202 cm³/mol. The van der Waals surface area contributed by atoms with Crippen LogP contribution in [-0.4, -0.2) is 60.5 Å². The number of carbonyl (C=O) groups excluding carboxylic acids is 2. The van der Waals surface area contributed by atoms with Gasteiger partial charge < -0.3 is 25.2 Å². The molecule has 0 aromatic heterocycles. The first-order valence-electron chi connectivity index (χ1n) is 19.2. The molecule has 0 rings (SSSR count). The van der Waals surface area contributed by atoms with Crippen LogP contribution in [0.4, 0.5) is 0 Å². The van der Waals surface area contributed by atoms with Crippen molar-refractivity contribution in [3.8, 4) is 0 Å². The number of hydrogen-bond acceptors (Lipinski definition) is 9. The zero-order chi connectivity index (χ0) is 37.0. The molecule has 290 valence electrons. The number of carbonyl (C=O) groups is 2. The van der Waals surface area contributed by atoms with E-state index in [0.29, 0.717) is 25.7 Å². The number of allylic oxidation sites excluding steroid dienone is 6. The number of phosphoric acid groups is 1. The molecule has 0 aromatic carbocycles. The molecule has 0 radical (unpaired) electrons. The summed E-state index contributed by atoms with van der Waals surface area (Å²) >= 11 is 0. The lowest BCUT2D eigenvalue weighted by Crippen LogP contribution is -2.29. The van der Waals surface area contributed by atoms with E-state index in [0.717, 1.165) is 32.1 Å². The monoisotopic (exact) mass is 727 g/mol. The topological polar surface area (TPSA) is 155 Å². The second-order valence-corrected chi connectivity index (χ2v) is 14.1. The molecule has 0 saturated carbocycles. The largest absolute Gasteiger partial charge is 0.472 e. The molecular formula is C39H70NO9P. The highest BCUT2D eigenvalue weighted by Gasteiger charge is 2.25. The zero-order valence-corrected chi connectivity index (χ0v) is 32.1. The van der Waals surface area contributed by atoms with E-state index in [2.05, 4.69) is 19.9 Å². The lowest BCUT2D eigenvalue weighted by atomic mass is 10.1. The van der Waals surface area contributed by atoms with Gasteiger partial charge in [0.25, 0.3) is 0 Å². The fraction of sp³-hybridized carbons (Fsp3) is 0.744. The van der Waals surface area contributed by atoms with Gasteiger partial charge >= 0.3 is 19.8 Å². The van der Waals surface area contributed by atoms with Crippen LogP contribution in [0.5, 0.6) is 0 Å². The quantitative estimate of drug-likeness (QED) is 0.0189. The van der Waals surface area contributed by atoms with E-state index in [9.17, 15) is 24.2 Å². The second-order valence-electron chi connectivity index (χ2n) is 12.6. The third-order valence-corrected chi connectivity index (χ3v) is 8.78. The van der Waals surface area contributed by atoms with Crippen LogP contribution in [0.3, 0.4) is 0 Å². The van der Waals surface area contributed by atoms with Gasteiger partial charge in [-0.3, -0.25) is 18.6 Å². The molecular weight excluding hydrogens is 657 g/mol. The molecule has 50 heavy (non-hydrogen) atoms. The number of esters is 2. The van der Waals surface area contributed by atoms with Crippen LogP contribution in [0.1, 0.15) is 149 Å². The van der Waals surface area contributed by atoms with Crippen molar-refractivity contribution in [2.45, 2.75) is 161 Å². The van der Waals surface area contributed by atoms with E-state index < -0.39 is 38.6 Å². The highest BCUT2D eigenvalue weighted by Crippen LogP contribution is 2.43. The van der Waals surface area contributed by atoms with Crippen molar-refractivity contribution >= 4 is 19.8 Å². The van der Waals surface area contributed by atoms with E-state index in [1.54, 1.807) is 6.08 Å². The maximum Gasteiger partial charge on any atom is 0.472 e. The number of phosphoric ester groups is 1. The van der Waals surface area contributed by atoms with E-state index >= 15 is 0 Å². The average Bonchev–Trinajstić information content (AvgIpc) is 3.09. The van der Waals surface area contributed by atoms with Gasteiger partial charge in [0.05, 0.1) is 19.3 Å². The average molecular weight is 728 g/mol. The van der Waals surface area contributed by atoms with Crippen molar-refractivity contribution in [1.82, 2.24) is 0 Å². The van der Waals surface area contributed by atoms with Crippen molar-refractivity contribution in [3.63, 3.8) is 0 Å². The van der Waals surface area contributed by atoms with Gasteiger partial charge in [0.15, 0.2) is 6.10 Å². The zero-order valence-electron chi connectivity index (χ0n) is 31.2. The maximum absolute atomic E-state index is 12.5. The van der Waals surface area contributed by atoms with Gasteiger partial charge in [-0.1, -0.05) is 140 Å². The van der Waals surface area contributed by atoms with Gasteiger partial charge in [-0.05, 0) is 44.9 Å². The summed E-state index contributed by atoms with van der Waals surface area (Å²) in [4.78, 5) is 34.7. The van der Waals surface area contributed by atoms with Crippen molar-refractivity contribution in [1.29, 1.82) is 0 Å². The number of hydrogen-bond donors (Lipinski definition) is 3. The number of rotatable bonds is 35. The normalized spacial score (nSPS) is 14.6. The van der Waals surface area contributed by atoms with Gasteiger partial charge in [-0.2, -0.15) is 0 Å². The summed E-state index contributed by atoms with van der Waals surface area (Å²) in [7, 11) is -4.39. The molecule has 0 bridgehead atoms. The molecule has 0 fully saturated rings. The molecule has 4 N–H and O–H groups in total. The predicted octanol–water partition coefficient (Wildman–Crippen LogP) is 9.35. The summed E-state index contributed by atoms with van der Waals surface area (Å²) in [6, 6.07) is 0. The van der Waals surface area contributed by atoms with E-state index in [1.807, 2.05) is 36.5 Å². The van der Waals surface area contributed by atoms with Crippen molar-refractivity contribution in [2.75, 3.05) is 26.4 Å². The summed E-state index contributed by atoms with van der Waals surface area (Å²) in [5, 5.41) is 10.00. The molecule has 1 unspecified atom stereocenters. The number of aliphatic hydroxyl groups excluding tert-OH is 1. The summed E-state index contributed by atoms with van der Waals surface area (Å²) < 4.78 is 32.5. The summed E-state index contributed by atoms with van der Waals surface area (Å²) in [6.07, 6.45) is 34.6. The Morgan fingerprint density at radius 2 is 1.30 bits per heavy atom. The van der Waals surface area contributed by atoms with Gasteiger partial charge in [0.1, 0.15) is 6.61 Å². The lowest BCUT2D eigenvalue weighted by molar-refractivity contribution is -0.161. The first kappa shape index (κ1) is 47.9. The van der Waals surface area contributed by atoms with Gasteiger partial charge in [0, 0.05) is 19.4 Å². The fourth-order valence-electron chi connectivity index (χ4n) is 4.89. The Bertz CT molecular complexity index is 983. The SMILES string of the molecule is CCCCC/C=C\C[C@@H](O)/C=C/C=C\C/C=C\CCCC(=O)OC[C@H](COP(=O)(O)OCCN)OC(=O)CCCCCCCCCCCCC. The number of unbranched alkanes of at least 4 members (excludes halogenated alkanes) is 14. The third-order valence-electron chi connectivity index (χ3n) is 7.80. The van der Waals surface area contributed by atoms with Crippen LogP contribution in [0.2, 0.25) is 0 Å². The minimum atomic E-state index is -4.39. The summed E-state index contributed by atoms with van der Waals surface area (Å²) in [5.74, 6) is -0.937. The number of ether oxygens (including phenoxy) is 2. The Morgan fingerprint density at radius 3 is 1.98 bits per heavy atom. The maximum atomic E-state index is 12.5. The second kappa shape index (κ2) is 35.3. The Labute approximate surface area is 303 Å². The molecule has 0 aromatic rings. The molecule has 0 saturated heterocycles. The Morgan fingerprint density at radius 1 is 0.700 bits per heavy atom. The summed E-state index contributed by atoms with van der Waals surface area (Å²) in [6.45, 7) is 3.52. The van der Waals surface area contributed by atoms with Crippen LogP contribution in [0, 0.1) is 0 Å². The first-order valence-corrected chi connectivity index (χ1v) is 20.7. The van der Waals surface area contributed by atoms with Crippen molar-refractivity contribution in [2.24, 2.45) is 5.73 Å². The fourth-order valence-corrected chi connectivity index (χ4v) is 5.65. The third kappa shape index (κ3) is 34.4. The smallest absolute Gasteiger partial charge is 0.462 e. The van der Waals surface area contributed by atoms with Gasteiger partial charge in [-0.25, -0.2) is 4.57 Å². The molecule has 3 atom stereocenters. The molecule has 0 spiro atoms. The van der Waals surface area contributed by atoms with Gasteiger partial charge in [0.2, 0.25) is 0 Å². The number of nitrogens with two attached hydrogens (primary N) is 1. The summed E-state index contributed by atoms with van der Waals surface area (Å²) in [5.41, 5.74) is 5.32. The minimum Gasteiger partial charge on any atom is -0.462 e. The highest BCUT2D eigenvalue weighted by molar-refractivity contribution is 7.47. The Kier molecular flexibility index (Phi) is 33.9. The van der Waals surface area contributed by atoms with E-state index in [1.165, 1.54) is 64.2 Å². The molecule has 11 heteroatoms. The molecule has 0 aliphatic heterocycles. The van der Waals surface area contributed by atoms with Crippen LogP contribution >= 0.6 is 7.82 Å². The minimum absolute atomic E-state index is 0.0364. The number of aliphatic hydroxyl groups is 1. The first-order chi connectivity index (χ1) is 24.2. The van der Waals surface area contributed by atoms with Crippen LogP contribution < -0.4 is 5.73 Å². The molecule has 0 amide bonds. The van der Waals surface area contributed by atoms with Crippen LogP contribution in [-0.2, 0) is 32.7 Å². The molecule has 0 heterocycles. The Balaban J connectivity index is 4.38. The Hall–Kier alpha value is -2.07. The van der Waals surface area contributed by atoms with Crippen LogP contribution in [0.15, 0.2) is 48.6 Å². The van der Waals surface area contributed by atoms with Crippen molar-refractivity contribution in [3.05, 3.63) is 48.6 Å². The molecule has 0 aliphatic carbocycles. The standard InChI is InChI=1S/C39H70NO9P/c1-3-5-7-9-11-12-13-14-19-23-27-31-39(43)49-37(35-48-50(44,45)47-33-32-40)34-46-38(42)30-26-22-18-16-15-17-21-25-29-36(41)28-24-20-10-8-6-4-2/h16-18,20-21,24-25,29,36-37,41H,3-15,19,22-23,26-28,30-35,40H2,1-2H3,(H,44,45)/b18-16-,21-17-,24-20-,29-25+/t36-,37-/m1/s1. The van der Waals surface area contributed by atoms with Gasteiger partial charge in [-0.15, -0.1) is 0 Å². The molecule has 10 nitrogen and oxygen atoms in total. The van der Waals surface area contributed by atoms with E-state index in [4.69, 9.17) is 24.3 Å². The van der Waals surface area contributed by atoms with Crippen molar-refractivity contribution < 1.29 is 42.7 Å². The highest BCUT2D eigenvalue weighted by atomic mass is 31.2. The lowest BCUT2D eigenvalue weighted by Gasteiger charge is -2.19. The van der Waals surface area contributed by atoms with Crippen LogP contribution in [0.25, 0.3) is 0 Å². The molecule has 0 aliphatic rings.